The molecule has 1 fully saturated rings. The molecule has 7 nitrogen and oxygen atoms in total. The summed E-state index contributed by atoms with van der Waals surface area (Å²) in [4.78, 5) is 38.1. The van der Waals surface area contributed by atoms with E-state index in [0.717, 1.165) is 22.3 Å². The molecule has 7 heteroatoms. The number of alkyl carbamates (subject to hydrolysis) is 1. The average molecular weight is 449 g/mol. The highest BCUT2D eigenvalue weighted by Crippen LogP contribution is 2.44. The molecule has 0 aromatic heterocycles. The fraction of sp³-hybridized carbons (Fsp3) is 0.346. The Balaban J connectivity index is 1.37. The van der Waals surface area contributed by atoms with Crippen molar-refractivity contribution in [3.63, 3.8) is 0 Å². The van der Waals surface area contributed by atoms with Crippen molar-refractivity contribution in [2.75, 3.05) is 13.7 Å². The molecular formula is C26H28N2O5. The lowest BCUT2D eigenvalue weighted by Gasteiger charge is -2.40. The zero-order valence-electron chi connectivity index (χ0n) is 18.6. The minimum Gasteiger partial charge on any atom is -0.481 e. The first-order chi connectivity index (χ1) is 15.9. The van der Waals surface area contributed by atoms with E-state index in [1.54, 1.807) is 13.1 Å². The Bertz CT molecular complexity index is 1030. The molecule has 2 amide bonds. The first-order valence-electron chi connectivity index (χ1n) is 11.1. The fourth-order valence-corrected chi connectivity index (χ4v) is 4.70. The number of hydrogen-bond acceptors (Lipinski definition) is 4. The van der Waals surface area contributed by atoms with Crippen LogP contribution in [0.25, 0.3) is 11.1 Å². The van der Waals surface area contributed by atoms with Gasteiger partial charge in [0.1, 0.15) is 12.6 Å². The number of rotatable bonds is 8. The zero-order chi connectivity index (χ0) is 23.5. The highest BCUT2D eigenvalue weighted by atomic mass is 16.5. The Hall–Kier alpha value is -3.61. The van der Waals surface area contributed by atoms with Crippen LogP contribution in [0.4, 0.5) is 4.79 Å². The Morgan fingerprint density at radius 2 is 1.70 bits per heavy atom. The summed E-state index contributed by atoms with van der Waals surface area (Å²) >= 11 is 0. The molecule has 4 rings (SSSR count). The van der Waals surface area contributed by atoms with Crippen molar-refractivity contribution in [2.45, 2.75) is 37.3 Å². The Morgan fingerprint density at radius 1 is 1.12 bits per heavy atom. The minimum atomic E-state index is -0.841. The van der Waals surface area contributed by atoms with E-state index >= 15 is 0 Å². The number of carboxylic acids is 1. The maximum Gasteiger partial charge on any atom is 0.407 e. The van der Waals surface area contributed by atoms with Crippen LogP contribution in [0.1, 0.15) is 36.3 Å². The van der Waals surface area contributed by atoms with E-state index in [4.69, 9.17) is 9.84 Å². The van der Waals surface area contributed by atoms with Crippen molar-refractivity contribution in [3.8, 4) is 11.1 Å². The van der Waals surface area contributed by atoms with Crippen molar-refractivity contribution in [3.05, 3.63) is 72.3 Å². The van der Waals surface area contributed by atoms with E-state index in [1.165, 1.54) is 4.90 Å². The number of benzene rings is 2. The number of ether oxygens (including phenoxy) is 1. The van der Waals surface area contributed by atoms with Crippen LogP contribution < -0.4 is 5.32 Å². The summed E-state index contributed by atoms with van der Waals surface area (Å²) in [7, 11) is 1.64. The average Bonchev–Trinajstić information content (AvgIpc) is 3.09. The number of amides is 2. The molecule has 172 valence electrons. The van der Waals surface area contributed by atoms with Gasteiger partial charge in [0.2, 0.25) is 5.91 Å². The maximum absolute atomic E-state index is 12.9. The van der Waals surface area contributed by atoms with Crippen molar-refractivity contribution >= 4 is 18.0 Å². The summed E-state index contributed by atoms with van der Waals surface area (Å²) in [5, 5.41) is 11.7. The van der Waals surface area contributed by atoms with Crippen LogP contribution >= 0.6 is 0 Å². The molecule has 1 unspecified atom stereocenters. The number of hydrogen-bond donors (Lipinski definition) is 2. The number of likely N-dealkylation sites (N-methyl/N-ethyl adjacent to an activating group) is 1. The standard InChI is InChI=1S/C26H28N2O5/c1-3-8-23(24(29)28(2)17-13-16(14-17)25(30)31)27-26(32)33-15-22-20-11-6-4-9-18(20)19-10-5-7-12-21(19)22/h3-7,9-12,16-17,22-23H,1,8,13-15H2,2H3,(H,27,32)(H,30,31). The molecule has 1 saturated carbocycles. The molecule has 0 radical (unpaired) electrons. The van der Waals surface area contributed by atoms with Crippen LogP contribution in [0.15, 0.2) is 61.2 Å². The fourth-order valence-electron chi connectivity index (χ4n) is 4.70. The lowest BCUT2D eigenvalue weighted by Crippen LogP contribution is -2.54. The third kappa shape index (κ3) is 4.49. The third-order valence-corrected chi connectivity index (χ3v) is 6.69. The van der Waals surface area contributed by atoms with E-state index < -0.39 is 24.0 Å². The van der Waals surface area contributed by atoms with E-state index in [9.17, 15) is 14.4 Å². The second kappa shape index (κ2) is 9.48. The SMILES string of the molecule is C=CCC(NC(=O)OCC1c2ccccc2-c2ccccc21)C(=O)N(C)C1CC(C(=O)O)C1. The van der Waals surface area contributed by atoms with Gasteiger partial charge in [0.25, 0.3) is 0 Å². The molecule has 0 saturated heterocycles. The van der Waals surface area contributed by atoms with Gasteiger partial charge in [-0.05, 0) is 41.5 Å². The molecular weight excluding hydrogens is 420 g/mol. The van der Waals surface area contributed by atoms with Crippen LogP contribution in [-0.2, 0) is 14.3 Å². The molecule has 0 spiro atoms. The second-order valence-electron chi connectivity index (χ2n) is 8.66. The Labute approximate surface area is 193 Å². The van der Waals surface area contributed by atoms with Gasteiger partial charge in [0, 0.05) is 19.0 Å². The van der Waals surface area contributed by atoms with Gasteiger partial charge in [-0.25, -0.2) is 4.79 Å². The van der Waals surface area contributed by atoms with Crippen molar-refractivity contribution in [1.29, 1.82) is 0 Å². The highest BCUT2D eigenvalue weighted by molar-refractivity contribution is 5.86. The van der Waals surface area contributed by atoms with Crippen LogP contribution in [0.2, 0.25) is 0 Å². The van der Waals surface area contributed by atoms with Gasteiger partial charge in [-0.1, -0.05) is 54.6 Å². The van der Waals surface area contributed by atoms with Crippen LogP contribution in [-0.4, -0.2) is 53.7 Å². The maximum atomic E-state index is 12.9. The molecule has 2 aliphatic carbocycles. The van der Waals surface area contributed by atoms with Crippen molar-refractivity contribution < 1.29 is 24.2 Å². The van der Waals surface area contributed by atoms with Crippen molar-refractivity contribution in [1.82, 2.24) is 10.2 Å². The van der Waals surface area contributed by atoms with Crippen LogP contribution in [0.3, 0.4) is 0 Å². The summed E-state index contributed by atoms with van der Waals surface area (Å²) in [5.41, 5.74) is 4.51. The van der Waals surface area contributed by atoms with Crippen LogP contribution in [0, 0.1) is 5.92 Å². The minimum absolute atomic E-state index is 0.0673. The molecule has 0 aliphatic heterocycles. The van der Waals surface area contributed by atoms with E-state index in [1.807, 2.05) is 36.4 Å². The normalized spacial score (nSPS) is 19.4. The van der Waals surface area contributed by atoms with Gasteiger partial charge in [0.15, 0.2) is 0 Å². The van der Waals surface area contributed by atoms with E-state index in [2.05, 4.69) is 24.0 Å². The van der Waals surface area contributed by atoms with E-state index in [0.29, 0.717) is 12.8 Å². The number of carboxylic acid groups (broad SMARTS) is 1. The Morgan fingerprint density at radius 3 is 2.24 bits per heavy atom. The van der Waals surface area contributed by atoms with Gasteiger partial charge in [-0.15, -0.1) is 6.58 Å². The number of aliphatic carboxylic acids is 1. The number of carbonyl (C=O) groups excluding carboxylic acids is 2. The molecule has 0 bridgehead atoms. The largest absolute Gasteiger partial charge is 0.481 e. The van der Waals surface area contributed by atoms with Gasteiger partial charge < -0.3 is 20.1 Å². The van der Waals surface area contributed by atoms with Crippen molar-refractivity contribution in [2.24, 2.45) is 5.92 Å². The second-order valence-corrected chi connectivity index (χ2v) is 8.66. The highest BCUT2D eigenvalue weighted by Gasteiger charge is 2.40. The topological polar surface area (TPSA) is 95.9 Å². The Kier molecular flexibility index (Phi) is 6.49. The quantitative estimate of drug-likeness (QED) is 0.599. The lowest BCUT2D eigenvalue weighted by molar-refractivity contribution is -0.150. The molecule has 33 heavy (non-hydrogen) atoms. The summed E-state index contributed by atoms with van der Waals surface area (Å²) in [6, 6.07) is 15.2. The summed E-state index contributed by atoms with van der Waals surface area (Å²) in [5.74, 6) is -1.61. The first-order valence-corrected chi connectivity index (χ1v) is 11.1. The molecule has 2 aromatic carbocycles. The van der Waals surface area contributed by atoms with Crippen LogP contribution in [0.5, 0.6) is 0 Å². The molecule has 0 heterocycles. The van der Waals surface area contributed by atoms with Gasteiger partial charge in [0.05, 0.1) is 5.92 Å². The number of carbonyl (C=O) groups is 3. The summed E-state index contributed by atoms with van der Waals surface area (Å²) in [6.45, 7) is 3.84. The van der Waals surface area contributed by atoms with Gasteiger partial charge in [-0.3, -0.25) is 9.59 Å². The predicted molar refractivity (Wildman–Crippen MR) is 124 cm³/mol. The smallest absolute Gasteiger partial charge is 0.407 e. The summed E-state index contributed by atoms with van der Waals surface area (Å²) < 4.78 is 5.56. The monoisotopic (exact) mass is 448 g/mol. The lowest BCUT2D eigenvalue weighted by atomic mass is 9.79. The third-order valence-electron chi connectivity index (χ3n) is 6.69. The number of fused-ring (bicyclic) bond motifs is 3. The molecule has 2 aliphatic rings. The number of nitrogens with zero attached hydrogens (tertiary/aromatic N) is 1. The van der Waals surface area contributed by atoms with E-state index in [-0.39, 0.29) is 30.9 Å². The molecule has 2 aromatic rings. The predicted octanol–water partition coefficient (Wildman–Crippen LogP) is 3.79. The number of nitrogens with one attached hydrogen (secondary N) is 1. The summed E-state index contributed by atoms with van der Waals surface area (Å²) in [6.07, 6.45) is 2.00. The molecule has 1 atom stereocenters. The van der Waals surface area contributed by atoms with Gasteiger partial charge >= 0.3 is 12.1 Å². The molecule has 2 N–H and O–H groups in total. The zero-order valence-corrected chi connectivity index (χ0v) is 18.6. The first kappa shape index (κ1) is 22.6. The van der Waals surface area contributed by atoms with Gasteiger partial charge in [-0.2, -0.15) is 0 Å².